The number of Topliss-reactive ketones (excluding diaryl/α,β-unsaturated/α-hetero) is 1. The van der Waals surface area contributed by atoms with E-state index in [9.17, 15) is 13.2 Å². The molecule has 2 rings (SSSR count). The highest BCUT2D eigenvalue weighted by Gasteiger charge is 2.35. The second-order valence-electron chi connectivity index (χ2n) is 5.59. The van der Waals surface area contributed by atoms with Crippen LogP contribution in [0.2, 0.25) is 0 Å². The molecule has 1 saturated heterocycles. The van der Waals surface area contributed by atoms with Crippen LogP contribution >= 0.6 is 0 Å². The minimum Gasteiger partial charge on any atom is -0.300 e. The van der Waals surface area contributed by atoms with E-state index in [0.717, 1.165) is 25.7 Å². The number of carbonyl (C=O) groups is 1. The molecule has 0 atom stereocenters. The van der Waals surface area contributed by atoms with Crippen molar-refractivity contribution in [1.82, 2.24) is 4.31 Å². The standard InChI is InChI=1S/C13H23NO3S/c1-11(15)12-7-9-14(10-8-12)18(16,17)13-5-3-2-4-6-13/h12-13H,2-10H2,1H3. The number of sulfonamides is 1. The summed E-state index contributed by atoms with van der Waals surface area (Å²) in [6, 6.07) is 0. The lowest BCUT2D eigenvalue weighted by molar-refractivity contribution is -0.121. The first kappa shape index (κ1) is 14.0. The number of carbonyl (C=O) groups excluding carboxylic acids is 1. The third kappa shape index (κ3) is 2.94. The van der Waals surface area contributed by atoms with Gasteiger partial charge in [0.2, 0.25) is 10.0 Å². The molecular formula is C13H23NO3S. The average Bonchev–Trinajstić information content (AvgIpc) is 2.40. The van der Waals surface area contributed by atoms with Gasteiger partial charge in [0.1, 0.15) is 5.78 Å². The van der Waals surface area contributed by atoms with Crippen molar-refractivity contribution in [2.24, 2.45) is 5.92 Å². The van der Waals surface area contributed by atoms with E-state index >= 15 is 0 Å². The molecule has 4 nitrogen and oxygen atoms in total. The molecule has 0 amide bonds. The summed E-state index contributed by atoms with van der Waals surface area (Å²) >= 11 is 0. The van der Waals surface area contributed by atoms with Crippen molar-refractivity contribution in [1.29, 1.82) is 0 Å². The lowest BCUT2D eigenvalue weighted by atomic mass is 9.95. The van der Waals surface area contributed by atoms with Crippen LogP contribution in [0.15, 0.2) is 0 Å². The quantitative estimate of drug-likeness (QED) is 0.789. The molecule has 1 aliphatic heterocycles. The molecule has 18 heavy (non-hydrogen) atoms. The van der Waals surface area contributed by atoms with Crippen molar-refractivity contribution < 1.29 is 13.2 Å². The Labute approximate surface area is 110 Å². The summed E-state index contributed by atoms with van der Waals surface area (Å²) < 4.78 is 26.5. The SMILES string of the molecule is CC(=O)C1CCN(S(=O)(=O)C2CCCCC2)CC1. The number of rotatable bonds is 3. The molecule has 5 heteroatoms. The summed E-state index contributed by atoms with van der Waals surface area (Å²) in [5, 5.41) is -0.167. The Morgan fingerprint density at radius 2 is 1.56 bits per heavy atom. The maximum absolute atomic E-state index is 12.5. The van der Waals surface area contributed by atoms with Gasteiger partial charge in [-0.2, -0.15) is 0 Å². The molecule has 0 radical (unpaired) electrons. The van der Waals surface area contributed by atoms with E-state index in [1.54, 1.807) is 11.2 Å². The molecule has 1 aliphatic carbocycles. The molecule has 2 aliphatic rings. The van der Waals surface area contributed by atoms with Crippen LogP contribution in [0.4, 0.5) is 0 Å². The fraction of sp³-hybridized carbons (Fsp3) is 0.923. The number of hydrogen-bond donors (Lipinski definition) is 0. The highest BCUT2D eigenvalue weighted by Crippen LogP contribution is 2.29. The van der Waals surface area contributed by atoms with Gasteiger partial charge in [-0.25, -0.2) is 12.7 Å². The monoisotopic (exact) mass is 273 g/mol. The summed E-state index contributed by atoms with van der Waals surface area (Å²) in [5.74, 6) is 0.271. The summed E-state index contributed by atoms with van der Waals surface area (Å²) in [4.78, 5) is 11.3. The van der Waals surface area contributed by atoms with Crippen molar-refractivity contribution in [3.05, 3.63) is 0 Å². The Balaban J connectivity index is 1.97. The van der Waals surface area contributed by atoms with Crippen LogP contribution in [-0.4, -0.2) is 36.8 Å². The van der Waals surface area contributed by atoms with E-state index in [2.05, 4.69) is 0 Å². The van der Waals surface area contributed by atoms with Crippen LogP contribution in [0, 0.1) is 5.92 Å². The average molecular weight is 273 g/mol. The Morgan fingerprint density at radius 3 is 2.06 bits per heavy atom. The minimum absolute atomic E-state index is 0.0720. The van der Waals surface area contributed by atoms with Gasteiger partial charge in [0.05, 0.1) is 5.25 Å². The lowest BCUT2D eigenvalue weighted by Gasteiger charge is -2.34. The van der Waals surface area contributed by atoms with Crippen LogP contribution < -0.4 is 0 Å². The zero-order valence-electron chi connectivity index (χ0n) is 11.1. The minimum atomic E-state index is -3.11. The summed E-state index contributed by atoms with van der Waals surface area (Å²) in [7, 11) is -3.11. The summed E-state index contributed by atoms with van der Waals surface area (Å²) in [5.41, 5.74) is 0. The van der Waals surface area contributed by atoms with Gasteiger partial charge in [-0.3, -0.25) is 4.79 Å². The predicted octanol–water partition coefficient (Wildman–Crippen LogP) is 1.95. The van der Waals surface area contributed by atoms with Gasteiger partial charge in [-0.1, -0.05) is 19.3 Å². The second kappa shape index (κ2) is 5.70. The molecule has 2 fully saturated rings. The third-order valence-electron chi connectivity index (χ3n) is 4.36. The number of hydrogen-bond acceptors (Lipinski definition) is 3. The first-order valence-corrected chi connectivity index (χ1v) is 8.51. The van der Waals surface area contributed by atoms with Gasteiger partial charge in [-0.05, 0) is 32.6 Å². The summed E-state index contributed by atoms with van der Waals surface area (Å²) in [6.45, 7) is 2.67. The highest BCUT2D eigenvalue weighted by molar-refractivity contribution is 7.89. The zero-order chi connectivity index (χ0) is 13.2. The van der Waals surface area contributed by atoms with Crippen LogP contribution in [0.5, 0.6) is 0 Å². The molecule has 0 aromatic rings. The van der Waals surface area contributed by atoms with Crippen LogP contribution in [0.1, 0.15) is 51.9 Å². The van der Waals surface area contributed by atoms with Crippen LogP contribution in [0.25, 0.3) is 0 Å². The maximum Gasteiger partial charge on any atom is 0.216 e. The van der Waals surface area contributed by atoms with E-state index in [4.69, 9.17) is 0 Å². The van der Waals surface area contributed by atoms with Gasteiger partial charge in [0, 0.05) is 19.0 Å². The topological polar surface area (TPSA) is 54.5 Å². The van der Waals surface area contributed by atoms with Crippen LogP contribution in [0.3, 0.4) is 0 Å². The number of ketones is 1. The smallest absolute Gasteiger partial charge is 0.216 e. The Kier molecular flexibility index (Phi) is 4.43. The number of piperidine rings is 1. The molecule has 1 saturated carbocycles. The molecule has 0 spiro atoms. The van der Waals surface area contributed by atoms with Crippen molar-refractivity contribution in [2.75, 3.05) is 13.1 Å². The van der Waals surface area contributed by atoms with Gasteiger partial charge >= 0.3 is 0 Å². The van der Waals surface area contributed by atoms with Gasteiger partial charge in [0.25, 0.3) is 0 Å². The van der Waals surface area contributed by atoms with E-state index < -0.39 is 10.0 Å². The van der Waals surface area contributed by atoms with Gasteiger partial charge in [0.15, 0.2) is 0 Å². The van der Waals surface area contributed by atoms with Crippen molar-refractivity contribution in [3.63, 3.8) is 0 Å². The second-order valence-corrected chi connectivity index (χ2v) is 7.80. The largest absolute Gasteiger partial charge is 0.300 e. The lowest BCUT2D eigenvalue weighted by Crippen LogP contribution is -2.44. The Bertz CT molecular complexity index is 390. The first-order valence-electron chi connectivity index (χ1n) is 7.01. The summed E-state index contributed by atoms with van der Waals surface area (Å²) in [6.07, 6.45) is 6.26. The normalized spacial score (nSPS) is 25.2. The molecule has 0 aromatic carbocycles. The van der Waals surface area contributed by atoms with Crippen molar-refractivity contribution in [3.8, 4) is 0 Å². The van der Waals surface area contributed by atoms with Crippen LogP contribution in [-0.2, 0) is 14.8 Å². The third-order valence-corrected chi connectivity index (χ3v) is 6.76. The van der Waals surface area contributed by atoms with Crippen molar-refractivity contribution >= 4 is 15.8 Å². The molecule has 0 N–H and O–H groups in total. The first-order chi connectivity index (χ1) is 8.51. The van der Waals surface area contributed by atoms with Gasteiger partial charge in [-0.15, -0.1) is 0 Å². The molecule has 104 valence electrons. The molecule has 0 unspecified atom stereocenters. The van der Waals surface area contributed by atoms with Crippen molar-refractivity contribution in [2.45, 2.75) is 57.1 Å². The fourth-order valence-electron chi connectivity index (χ4n) is 3.09. The Morgan fingerprint density at radius 1 is 1.00 bits per heavy atom. The Hall–Kier alpha value is -0.420. The zero-order valence-corrected chi connectivity index (χ0v) is 11.9. The van der Waals surface area contributed by atoms with E-state index in [0.29, 0.717) is 25.9 Å². The highest BCUT2D eigenvalue weighted by atomic mass is 32.2. The fourth-order valence-corrected chi connectivity index (χ4v) is 5.16. The molecule has 0 bridgehead atoms. The molecule has 1 heterocycles. The predicted molar refractivity (Wildman–Crippen MR) is 70.8 cm³/mol. The van der Waals surface area contributed by atoms with E-state index in [1.165, 1.54) is 6.42 Å². The van der Waals surface area contributed by atoms with Gasteiger partial charge < -0.3 is 0 Å². The maximum atomic E-state index is 12.5. The molecular weight excluding hydrogens is 250 g/mol. The molecule has 0 aromatic heterocycles. The van der Waals surface area contributed by atoms with E-state index in [1.807, 2.05) is 0 Å². The number of nitrogens with zero attached hydrogens (tertiary/aromatic N) is 1. The van der Waals surface area contributed by atoms with E-state index in [-0.39, 0.29) is 17.0 Å².